The molecular weight excluding hydrogens is 368 g/mol. The van der Waals surface area contributed by atoms with Crippen LogP contribution in [-0.2, 0) is 4.79 Å². The average Bonchev–Trinajstić information content (AvgIpc) is 2.59. The van der Waals surface area contributed by atoms with Crippen LogP contribution in [0.3, 0.4) is 0 Å². The number of rotatable bonds is 3. The summed E-state index contributed by atoms with van der Waals surface area (Å²) in [5.41, 5.74) is -3.15. The van der Waals surface area contributed by atoms with Gasteiger partial charge in [0.1, 0.15) is 5.82 Å². The molecule has 1 N–H and O–H groups in total. The van der Waals surface area contributed by atoms with E-state index in [1.165, 1.54) is 29.2 Å². The summed E-state index contributed by atoms with van der Waals surface area (Å²) >= 11 is 0. The third-order valence-electron chi connectivity index (χ3n) is 5.02. The van der Waals surface area contributed by atoms with Crippen molar-refractivity contribution in [3.63, 3.8) is 0 Å². The Bertz CT molecular complexity index is 704. The molecule has 0 bridgehead atoms. The minimum absolute atomic E-state index is 0.0128. The summed E-state index contributed by atoms with van der Waals surface area (Å²) in [5.74, 6) is -2.51. The van der Waals surface area contributed by atoms with Crippen LogP contribution in [0.4, 0.5) is 17.6 Å². The number of likely N-dealkylation sites (tertiary alicyclic amines) is 1. The molecule has 1 fully saturated rings. The van der Waals surface area contributed by atoms with E-state index in [9.17, 15) is 32.3 Å². The number of halogens is 4. The first-order valence-electron chi connectivity index (χ1n) is 8.47. The number of carbonyl (C=O) groups is 2. The van der Waals surface area contributed by atoms with Crippen LogP contribution >= 0.6 is 0 Å². The molecule has 1 saturated heterocycles. The molecule has 0 radical (unpaired) electrons. The molecule has 0 aliphatic carbocycles. The molecule has 9 heteroatoms. The summed E-state index contributed by atoms with van der Waals surface area (Å²) in [7, 11) is 1.57. The Kier molecular flexibility index (Phi) is 5.84. The monoisotopic (exact) mass is 390 g/mol. The van der Waals surface area contributed by atoms with Crippen molar-refractivity contribution in [2.45, 2.75) is 38.1 Å². The molecule has 1 aliphatic heterocycles. The van der Waals surface area contributed by atoms with E-state index in [4.69, 9.17) is 0 Å². The minimum Gasteiger partial charge on any atom is -0.373 e. The lowest BCUT2D eigenvalue weighted by molar-refractivity contribution is -0.251. The van der Waals surface area contributed by atoms with Gasteiger partial charge in [-0.2, -0.15) is 13.2 Å². The molecule has 3 atom stereocenters. The first kappa shape index (κ1) is 21.1. The highest BCUT2D eigenvalue weighted by atomic mass is 19.4. The van der Waals surface area contributed by atoms with Crippen molar-refractivity contribution >= 4 is 11.8 Å². The van der Waals surface area contributed by atoms with Gasteiger partial charge in [-0.05, 0) is 43.5 Å². The van der Waals surface area contributed by atoms with E-state index in [0.29, 0.717) is 12.5 Å². The van der Waals surface area contributed by atoms with Gasteiger partial charge in [-0.1, -0.05) is 6.92 Å². The fraction of sp³-hybridized carbons (Fsp3) is 0.556. The Labute approximate surface area is 154 Å². The molecule has 1 aromatic carbocycles. The van der Waals surface area contributed by atoms with Crippen LogP contribution in [-0.4, -0.2) is 64.7 Å². The summed E-state index contributed by atoms with van der Waals surface area (Å²) in [6.45, 7) is 2.13. The Morgan fingerprint density at radius 2 is 1.78 bits per heavy atom. The summed E-state index contributed by atoms with van der Waals surface area (Å²) in [4.78, 5) is 27.1. The van der Waals surface area contributed by atoms with Crippen LogP contribution in [0.1, 0.15) is 30.6 Å². The van der Waals surface area contributed by atoms with E-state index >= 15 is 0 Å². The lowest BCUT2D eigenvalue weighted by Crippen LogP contribution is -2.60. The minimum atomic E-state index is -5.07. The summed E-state index contributed by atoms with van der Waals surface area (Å²) in [6, 6.07) is 4.76. The predicted molar refractivity (Wildman–Crippen MR) is 89.3 cm³/mol. The molecule has 1 aliphatic rings. The Morgan fingerprint density at radius 1 is 1.22 bits per heavy atom. The summed E-state index contributed by atoms with van der Waals surface area (Å²) in [5, 5.41) is 9.58. The molecule has 0 saturated carbocycles. The fourth-order valence-corrected chi connectivity index (χ4v) is 3.27. The van der Waals surface area contributed by atoms with Gasteiger partial charge in [0.2, 0.25) is 5.60 Å². The largest absolute Gasteiger partial charge is 0.426 e. The van der Waals surface area contributed by atoms with Gasteiger partial charge in [-0.25, -0.2) is 4.39 Å². The van der Waals surface area contributed by atoms with E-state index in [0.717, 1.165) is 4.90 Å². The predicted octanol–water partition coefficient (Wildman–Crippen LogP) is 2.45. The second kappa shape index (κ2) is 7.46. The van der Waals surface area contributed by atoms with Gasteiger partial charge in [0.25, 0.3) is 11.8 Å². The first-order chi connectivity index (χ1) is 12.4. The van der Waals surface area contributed by atoms with Crippen LogP contribution in [0, 0.1) is 11.7 Å². The standard InChI is InChI=1S/C18H22F4N2O3/c1-11-10-24(16(26)17(2,27)18(20,21)22)9-8-14(11)23(3)15(25)12-4-6-13(19)7-5-12/h4-7,11,14,27H,8-10H2,1-3H3/t11-,14+,17-/m1/s1. The number of hydrogen-bond acceptors (Lipinski definition) is 3. The molecule has 0 unspecified atom stereocenters. The van der Waals surface area contributed by atoms with Crippen molar-refractivity contribution in [2.24, 2.45) is 5.92 Å². The van der Waals surface area contributed by atoms with Gasteiger partial charge in [0.05, 0.1) is 0 Å². The molecule has 2 amide bonds. The maximum absolute atomic E-state index is 13.0. The zero-order valence-electron chi connectivity index (χ0n) is 15.3. The topological polar surface area (TPSA) is 60.9 Å². The lowest BCUT2D eigenvalue weighted by atomic mass is 9.90. The van der Waals surface area contributed by atoms with Crippen LogP contribution in [0.5, 0.6) is 0 Å². The van der Waals surface area contributed by atoms with E-state index in [1.807, 2.05) is 0 Å². The molecule has 1 heterocycles. The zero-order valence-corrected chi connectivity index (χ0v) is 15.3. The molecule has 2 rings (SSSR count). The van der Waals surface area contributed by atoms with Crippen molar-refractivity contribution in [2.75, 3.05) is 20.1 Å². The molecule has 5 nitrogen and oxygen atoms in total. The maximum atomic E-state index is 13.0. The van der Waals surface area contributed by atoms with E-state index in [1.54, 1.807) is 14.0 Å². The molecule has 0 aromatic heterocycles. The molecule has 1 aromatic rings. The highest BCUT2D eigenvalue weighted by Gasteiger charge is 2.57. The fourth-order valence-electron chi connectivity index (χ4n) is 3.27. The second-order valence-electron chi connectivity index (χ2n) is 7.08. The molecular formula is C18H22F4N2O3. The van der Waals surface area contributed by atoms with Crippen LogP contribution in [0.15, 0.2) is 24.3 Å². The summed E-state index contributed by atoms with van der Waals surface area (Å²) < 4.78 is 51.7. The SMILES string of the molecule is C[C@@H]1CN(C(=O)[C@@](C)(O)C(F)(F)F)CC[C@@H]1N(C)C(=O)c1ccc(F)cc1. The van der Waals surface area contributed by atoms with Gasteiger partial charge in [0.15, 0.2) is 0 Å². The van der Waals surface area contributed by atoms with Gasteiger partial charge >= 0.3 is 6.18 Å². The van der Waals surface area contributed by atoms with Crippen molar-refractivity contribution in [1.82, 2.24) is 9.80 Å². The Morgan fingerprint density at radius 3 is 2.26 bits per heavy atom. The van der Waals surface area contributed by atoms with Gasteiger partial charge < -0.3 is 14.9 Å². The van der Waals surface area contributed by atoms with Gasteiger partial charge in [-0.15, -0.1) is 0 Å². The molecule has 0 spiro atoms. The summed E-state index contributed by atoms with van der Waals surface area (Å²) in [6.07, 6.45) is -4.80. The Balaban J connectivity index is 2.07. The molecule has 27 heavy (non-hydrogen) atoms. The number of aliphatic hydroxyl groups is 1. The average molecular weight is 390 g/mol. The van der Waals surface area contributed by atoms with Crippen LogP contribution < -0.4 is 0 Å². The third kappa shape index (κ3) is 4.23. The van der Waals surface area contributed by atoms with Gasteiger partial charge in [-0.3, -0.25) is 9.59 Å². The van der Waals surface area contributed by atoms with E-state index in [2.05, 4.69) is 0 Å². The number of amides is 2. The number of benzene rings is 1. The van der Waals surface area contributed by atoms with Gasteiger partial charge in [0, 0.05) is 31.7 Å². The second-order valence-corrected chi connectivity index (χ2v) is 7.08. The van der Waals surface area contributed by atoms with Crippen LogP contribution in [0.25, 0.3) is 0 Å². The maximum Gasteiger partial charge on any atom is 0.426 e. The van der Waals surface area contributed by atoms with Crippen molar-refractivity contribution in [3.05, 3.63) is 35.6 Å². The van der Waals surface area contributed by atoms with Crippen LogP contribution in [0.2, 0.25) is 0 Å². The highest BCUT2D eigenvalue weighted by molar-refractivity contribution is 5.94. The van der Waals surface area contributed by atoms with Crippen molar-refractivity contribution < 1.29 is 32.3 Å². The number of alkyl halides is 3. The first-order valence-corrected chi connectivity index (χ1v) is 8.47. The number of piperidine rings is 1. The normalized spacial score (nSPS) is 22.9. The number of carbonyl (C=O) groups excluding carboxylic acids is 2. The van der Waals surface area contributed by atoms with E-state index < -0.39 is 23.5 Å². The highest BCUT2D eigenvalue weighted by Crippen LogP contribution is 2.33. The quantitative estimate of drug-likeness (QED) is 0.807. The van der Waals surface area contributed by atoms with E-state index in [-0.39, 0.29) is 37.4 Å². The molecule has 150 valence electrons. The van der Waals surface area contributed by atoms with Crippen molar-refractivity contribution in [3.8, 4) is 0 Å². The Hall–Kier alpha value is -2.16. The smallest absolute Gasteiger partial charge is 0.373 e. The zero-order chi connectivity index (χ0) is 20.6. The number of hydrogen-bond donors (Lipinski definition) is 1. The third-order valence-corrected chi connectivity index (χ3v) is 5.02. The number of nitrogens with zero attached hydrogens (tertiary/aromatic N) is 2. The lowest BCUT2D eigenvalue weighted by Gasteiger charge is -2.43. The van der Waals surface area contributed by atoms with Crippen molar-refractivity contribution in [1.29, 1.82) is 0 Å².